The van der Waals surface area contributed by atoms with Crippen LogP contribution in [-0.4, -0.2) is 24.4 Å². The molecule has 0 amide bonds. The van der Waals surface area contributed by atoms with Crippen molar-refractivity contribution in [1.82, 2.24) is 14.7 Å². The van der Waals surface area contributed by atoms with Crippen LogP contribution in [-0.2, 0) is 26.2 Å². The molecule has 2 aromatic heterocycles. The van der Waals surface area contributed by atoms with Crippen molar-refractivity contribution in [3.8, 4) is 0 Å². The van der Waals surface area contributed by atoms with E-state index in [0.717, 1.165) is 0 Å². The normalized spacial score (nSPS) is 11.0. The number of hydrogen-bond acceptors (Lipinski definition) is 7. The SMILES string of the molecule is CC(=O)ONc1cccc(CNS(=O)(=O)c2ccccn2)n1. The van der Waals surface area contributed by atoms with Gasteiger partial charge in [-0.1, -0.05) is 12.1 Å². The standard InChI is InChI=1S/C13H14N4O4S/c1-10(18)21-17-12-6-4-5-11(16-12)9-15-22(19,20)13-7-2-3-8-14-13/h2-8,15H,9H2,1H3,(H,16,17). The third-order valence-electron chi connectivity index (χ3n) is 2.46. The van der Waals surface area contributed by atoms with E-state index in [2.05, 4.69) is 25.0 Å². The van der Waals surface area contributed by atoms with E-state index in [4.69, 9.17) is 0 Å². The summed E-state index contributed by atoms with van der Waals surface area (Å²) in [6.45, 7) is 1.23. The van der Waals surface area contributed by atoms with Gasteiger partial charge in [0.1, 0.15) is 0 Å². The van der Waals surface area contributed by atoms with Crippen molar-refractivity contribution in [2.75, 3.05) is 5.48 Å². The molecule has 0 aliphatic carbocycles. The molecule has 9 heteroatoms. The van der Waals surface area contributed by atoms with Gasteiger partial charge in [0, 0.05) is 13.1 Å². The maximum atomic E-state index is 12.0. The number of carbonyl (C=O) groups is 1. The van der Waals surface area contributed by atoms with Gasteiger partial charge in [-0.2, -0.15) is 0 Å². The van der Waals surface area contributed by atoms with Crippen LogP contribution >= 0.6 is 0 Å². The second-order valence-corrected chi connectivity index (χ2v) is 5.92. The molecule has 2 heterocycles. The molecule has 0 saturated carbocycles. The summed E-state index contributed by atoms with van der Waals surface area (Å²) < 4.78 is 26.4. The first kappa shape index (κ1) is 15.9. The molecule has 22 heavy (non-hydrogen) atoms. The highest BCUT2D eigenvalue weighted by Crippen LogP contribution is 2.07. The zero-order valence-electron chi connectivity index (χ0n) is 11.7. The number of nitrogens with one attached hydrogen (secondary N) is 2. The maximum absolute atomic E-state index is 12.0. The number of carbonyl (C=O) groups excluding carboxylic acids is 1. The topological polar surface area (TPSA) is 110 Å². The molecule has 0 spiro atoms. The molecule has 0 atom stereocenters. The minimum Gasteiger partial charge on any atom is -0.342 e. The van der Waals surface area contributed by atoms with Crippen LogP contribution in [0.1, 0.15) is 12.6 Å². The van der Waals surface area contributed by atoms with E-state index in [-0.39, 0.29) is 11.6 Å². The van der Waals surface area contributed by atoms with E-state index in [9.17, 15) is 13.2 Å². The molecule has 116 valence electrons. The number of aromatic nitrogens is 2. The van der Waals surface area contributed by atoms with Gasteiger partial charge >= 0.3 is 5.97 Å². The molecule has 0 aliphatic rings. The molecule has 8 nitrogen and oxygen atoms in total. The van der Waals surface area contributed by atoms with Gasteiger partial charge < -0.3 is 4.84 Å². The number of hydrogen-bond donors (Lipinski definition) is 2. The van der Waals surface area contributed by atoms with Gasteiger partial charge in [0.25, 0.3) is 10.0 Å². The summed E-state index contributed by atoms with van der Waals surface area (Å²) in [5, 5.41) is -0.0656. The second kappa shape index (κ2) is 6.96. The van der Waals surface area contributed by atoms with Crippen molar-refractivity contribution in [3.63, 3.8) is 0 Å². The number of pyridine rings is 2. The summed E-state index contributed by atoms with van der Waals surface area (Å²) >= 11 is 0. The fraction of sp³-hybridized carbons (Fsp3) is 0.154. The molecule has 2 rings (SSSR count). The predicted molar refractivity (Wildman–Crippen MR) is 77.9 cm³/mol. The van der Waals surface area contributed by atoms with E-state index in [1.807, 2.05) is 0 Å². The van der Waals surface area contributed by atoms with Gasteiger partial charge in [0.2, 0.25) is 0 Å². The van der Waals surface area contributed by atoms with Gasteiger partial charge in [0.05, 0.1) is 12.2 Å². The van der Waals surface area contributed by atoms with Crippen LogP contribution in [0.15, 0.2) is 47.6 Å². The van der Waals surface area contributed by atoms with Crippen LogP contribution in [0.3, 0.4) is 0 Å². The van der Waals surface area contributed by atoms with Gasteiger partial charge in [0.15, 0.2) is 10.8 Å². The molecule has 2 N–H and O–H groups in total. The molecule has 0 aromatic carbocycles. The van der Waals surface area contributed by atoms with Crippen LogP contribution in [0.4, 0.5) is 5.82 Å². The smallest absolute Gasteiger partial charge is 0.329 e. The van der Waals surface area contributed by atoms with Crippen LogP contribution in [0.2, 0.25) is 0 Å². The van der Waals surface area contributed by atoms with Crippen molar-refractivity contribution in [3.05, 3.63) is 48.3 Å². The van der Waals surface area contributed by atoms with E-state index in [1.54, 1.807) is 30.3 Å². The molecule has 0 unspecified atom stereocenters. The van der Waals surface area contributed by atoms with E-state index in [0.29, 0.717) is 11.5 Å². The summed E-state index contributed by atoms with van der Waals surface area (Å²) in [7, 11) is -3.70. The summed E-state index contributed by atoms with van der Waals surface area (Å²) in [6, 6.07) is 9.49. The summed E-state index contributed by atoms with van der Waals surface area (Å²) in [4.78, 5) is 23.2. The Kier molecular flexibility index (Phi) is 5.02. The average Bonchev–Trinajstić information content (AvgIpc) is 2.52. The third-order valence-corrected chi connectivity index (χ3v) is 3.78. The van der Waals surface area contributed by atoms with E-state index in [1.165, 1.54) is 19.2 Å². The zero-order chi connectivity index (χ0) is 16.0. The van der Waals surface area contributed by atoms with Gasteiger partial charge in [-0.15, -0.1) is 0 Å². The highest BCUT2D eigenvalue weighted by atomic mass is 32.2. The third kappa shape index (κ3) is 4.50. The lowest BCUT2D eigenvalue weighted by Gasteiger charge is -2.08. The van der Waals surface area contributed by atoms with Crippen molar-refractivity contribution in [2.45, 2.75) is 18.5 Å². The van der Waals surface area contributed by atoms with Crippen LogP contribution in [0, 0.1) is 0 Å². The minimum atomic E-state index is -3.70. The largest absolute Gasteiger partial charge is 0.342 e. The molecule has 0 fully saturated rings. The van der Waals surface area contributed by atoms with Crippen LogP contribution in [0.5, 0.6) is 0 Å². The molecule has 0 saturated heterocycles. The number of rotatable bonds is 6. The van der Waals surface area contributed by atoms with Crippen LogP contribution in [0.25, 0.3) is 0 Å². The lowest BCUT2D eigenvalue weighted by Crippen LogP contribution is -2.24. The fourth-order valence-corrected chi connectivity index (χ4v) is 2.45. The summed E-state index contributed by atoms with van der Waals surface area (Å²) in [5.74, 6) is -0.215. The van der Waals surface area contributed by atoms with Crippen molar-refractivity contribution in [2.24, 2.45) is 0 Å². The van der Waals surface area contributed by atoms with Gasteiger partial charge in [-0.25, -0.2) is 28.6 Å². The van der Waals surface area contributed by atoms with E-state index >= 15 is 0 Å². The Morgan fingerprint density at radius 1 is 1.23 bits per heavy atom. The monoisotopic (exact) mass is 322 g/mol. The predicted octanol–water partition coefficient (Wildman–Crippen LogP) is 0.845. The lowest BCUT2D eigenvalue weighted by atomic mass is 10.3. The Labute approximate surface area is 127 Å². The Balaban J connectivity index is 2.02. The Morgan fingerprint density at radius 3 is 2.73 bits per heavy atom. The number of nitrogens with zero attached hydrogens (tertiary/aromatic N) is 2. The highest BCUT2D eigenvalue weighted by molar-refractivity contribution is 7.89. The second-order valence-electron chi connectivity index (χ2n) is 4.20. The Morgan fingerprint density at radius 2 is 2.05 bits per heavy atom. The quantitative estimate of drug-likeness (QED) is 0.758. The molecular weight excluding hydrogens is 308 g/mol. The Bertz CT molecular complexity index is 750. The lowest BCUT2D eigenvalue weighted by molar-refractivity contribution is -0.138. The Hall–Kier alpha value is -2.52. The molecular formula is C13H14N4O4S. The summed E-state index contributed by atoms with van der Waals surface area (Å²) in [5.41, 5.74) is 2.82. The molecule has 2 aromatic rings. The first-order valence-corrected chi connectivity index (χ1v) is 7.76. The van der Waals surface area contributed by atoms with Crippen molar-refractivity contribution in [1.29, 1.82) is 0 Å². The number of sulfonamides is 1. The van der Waals surface area contributed by atoms with E-state index < -0.39 is 16.0 Å². The maximum Gasteiger partial charge on any atom is 0.329 e. The first-order valence-electron chi connectivity index (χ1n) is 6.27. The van der Waals surface area contributed by atoms with Crippen LogP contribution < -0.4 is 10.2 Å². The van der Waals surface area contributed by atoms with Gasteiger partial charge in [-0.3, -0.25) is 4.79 Å². The van der Waals surface area contributed by atoms with Crippen molar-refractivity contribution < 1.29 is 18.0 Å². The zero-order valence-corrected chi connectivity index (χ0v) is 12.5. The van der Waals surface area contributed by atoms with Crippen molar-refractivity contribution >= 4 is 21.8 Å². The summed E-state index contributed by atoms with van der Waals surface area (Å²) in [6.07, 6.45) is 1.40. The number of anilines is 1. The van der Waals surface area contributed by atoms with Gasteiger partial charge in [-0.05, 0) is 24.3 Å². The average molecular weight is 322 g/mol. The molecule has 0 aliphatic heterocycles. The molecule has 0 bridgehead atoms. The first-order chi connectivity index (χ1) is 10.5. The minimum absolute atomic E-state index is 0.0193. The molecule has 0 radical (unpaired) electrons. The fourth-order valence-electron chi connectivity index (χ4n) is 1.51. The highest BCUT2D eigenvalue weighted by Gasteiger charge is 2.14.